The number of carbonyl (C=O) groups is 1. The number of amides is 1. The molecular weight excluding hydrogens is 394 g/mol. The maximum Gasteiger partial charge on any atom is 0.270 e. The number of halogens is 1. The van der Waals surface area contributed by atoms with Crippen LogP contribution in [-0.2, 0) is 6.54 Å². The van der Waals surface area contributed by atoms with E-state index in [-0.39, 0.29) is 5.91 Å². The van der Waals surface area contributed by atoms with Gasteiger partial charge in [0.15, 0.2) is 0 Å². The summed E-state index contributed by atoms with van der Waals surface area (Å²) in [4.78, 5) is 20.9. The first-order valence-corrected chi connectivity index (χ1v) is 11.2. The van der Waals surface area contributed by atoms with Crippen molar-refractivity contribution in [1.29, 1.82) is 0 Å². The summed E-state index contributed by atoms with van der Waals surface area (Å²) < 4.78 is 0. The maximum atomic E-state index is 13.2. The molecule has 0 spiro atoms. The molecule has 1 atom stereocenters. The van der Waals surface area contributed by atoms with Gasteiger partial charge in [-0.1, -0.05) is 47.5 Å². The quantitative estimate of drug-likeness (QED) is 0.568. The van der Waals surface area contributed by atoms with Crippen LogP contribution >= 0.6 is 11.6 Å². The Morgan fingerprint density at radius 2 is 2.00 bits per heavy atom. The van der Waals surface area contributed by atoms with Gasteiger partial charge in [0.05, 0.1) is 0 Å². The van der Waals surface area contributed by atoms with E-state index in [4.69, 9.17) is 11.6 Å². The van der Waals surface area contributed by atoms with E-state index in [0.717, 1.165) is 37.1 Å². The van der Waals surface area contributed by atoms with Gasteiger partial charge in [0.25, 0.3) is 5.91 Å². The third-order valence-corrected chi connectivity index (χ3v) is 6.33. The number of aromatic amines is 1. The lowest BCUT2D eigenvalue weighted by molar-refractivity contribution is 0.0680. The van der Waals surface area contributed by atoms with Crippen molar-refractivity contribution in [2.24, 2.45) is 5.92 Å². The standard InChI is InChI=1S/C25H30ClN3O/c1-3-29(25(30)24-13-21-10-11-22(26)14-23(21)27-24)17-20-5-4-12-28(16-20)15-19-8-6-18(2)7-9-19/h6-11,13-14,20,27H,3-5,12,15-17H2,1-2H3. The number of nitrogens with zero attached hydrogens (tertiary/aromatic N) is 2. The SMILES string of the molecule is CCN(CC1CCCN(Cc2ccc(C)cc2)C1)C(=O)c1cc2ccc(Cl)cc2[nH]1. The van der Waals surface area contributed by atoms with Gasteiger partial charge >= 0.3 is 0 Å². The molecule has 4 rings (SSSR count). The lowest BCUT2D eigenvalue weighted by atomic mass is 9.96. The Labute approximate surface area is 183 Å². The van der Waals surface area contributed by atoms with Crippen LogP contribution in [0.2, 0.25) is 5.02 Å². The fraction of sp³-hybridized carbons (Fsp3) is 0.400. The molecule has 1 fully saturated rings. The summed E-state index contributed by atoms with van der Waals surface area (Å²) in [6.07, 6.45) is 2.36. The number of fused-ring (bicyclic) bond motifs is 1. The molecule has 3 aromatic rings. The van der Waals surface area contributed by atoms with Crippen LogP contribution in [0.1, 0.15) is 41.4 Å². The lowest BCUT2D eigenvalue weighted by Gasteiger charge is -2.35. The van der Waals surface area contributed by atoms with Gasteiger partial charge in [0, 0.05) is 42.1 Å². The average molecular weight is 424 g/mol. The van der Waals surface area contributed by atoms with Crippen LogP contribution in [0, 0.1) is 12.8 Å². The summed E-state index contributed by atoms with van der Waals surface area (Å²) in [6.45, 7) is 8.86. The summed E-state index contributed by atoms with van der Waals surface area (Å²) in [5, 5.41) is 1.69. The van der Waals surface area contributed by atoms with Crippen LogP contribution in [-0.4, -0.2) is 46.9 Å². The third-order valence-electron chi connectivity index (χ3n) is 6.09. The number of nitrogens with one attached hydrogen (secondary N) is 1. The van der Waals surface area contributed by atoms with E-state index in [1.807, 2.05) is 29.2 Å². The number of carbonyl (C=O) groups excluding carboxylic acids is 1. The second-order valence-corrected chi connectivity index (χ2v) is 8.92. The van der Waals surface area contributed by atoms with Crippen molar-refractivity contribution in [3.8, 4) is 0 Å². The van der Waals surface area contributed by atoms with Gasteiger partial charge in [0.2, 0.25) is 0 Å². The zero-order valence-corrected chi connectivity index (χ0v) is 18.6. The Balaban J connectivity index is 1.40. The van der Waals surface area contributed by atoms with E-state index in [1.54, 1.807) is 0 Å². The highest BCUT2D eigenvalue weighted by atomic mass is 35.5. The summed E-state index contributed by atoms with van der Waals surface area (Å²) >= 11 is 6.09. The highest BCUT2D eigenvalue weighted by molar-refractivity contribution is 6.31. The zero-order valence-electron chi connectivity index (χ0n) is 17.8. The number of rotatable bonds is 6. The molecular formula is C25H30ClN3O. The molecule has 158 valence electrons. The maximum absolute atomic E-state index is 13.2. The number of aromatic nitrogens is 1. The molecule has 0 aliphatic carbocycles. The van der Waals surface area contributed by atoms with E-state index < -0.39 is 0 Å². The van der Waals surface area contributed by atoms with Gasteiger partial charge in [-0.15, -0.1) is 0 Å². The molecule has 1 unspecified atom stereocenters. The first-order chi connectivity index (χ1) is 14.5. The highest BCUT2D eigenvalue weighted by Crippen LogP contribution is 2.23. The van der Waals surface area contributed by atoms with Crippen molar-refractivity contribution in [3.05, 3.63) is 70.4 Å². The molecule has 1 amide bonds. The number of piperidine rings is 1. The number of H-pyrrole nitrogens is 1. The largest absolute Gasteiger partial charge is 0.350 e. The van der Waals surface area contributed by atoms with Gasteiger partial charge in [-0.05, 0) is 62.9 Å². The summed E-state index contributed by atoms with van der Waals surface area (Å²) in [5.41, 5.74) is 4.21. The molecule has 5 heteroatoms. The molecule has 0 saturated carbocycles. The van der Waals surface area contributed by atoms with Gasteiger partial charge in [0.1, 0.15) is 5.69 Å². The molecule has 2 aromatic carbocycles. The molecule has 2 heterocycles. The number of benzene rings is 2. The zero-order chi connectivity index (χ0) is 21.1. The van der Waals surface area contributed by atoms with E-state index in [2.05, 4.69) is 48.0 Å². The average Bonchev–Trinajstić information content (AvgIpc) is 3.17. The van der Waals surface area contributed by atoms with Crippen molar-refractivity contribution in [3.63, 3.8) is 0 Å². The van der Waals surface area contributed by atoms with E-state index in [9.17, 15) is 4.79 Å². The van der Waals surface area contributed by atoms with Crippen LogP contribution in [0.5, 0.6) is 0 Å². The highest BCUT2D eigenvalue weighted by Gasteiger charge is 2.25. The van der Waals surface area contributed by atoms with Crippen LogP contribution in [0.25, 0.3) is 10.9 Å². The van der Waals surface area contributed by atoms with Crippen LogP contribution in [0.4, 0.5) is 0 Å². The van der Waals surface area contributed by atoms with Crippen molar-refractivity contribution >= 4 is 28.4 Å². The Hall–Kier alpha value is -2.30. The summed E-state index contributed by atoms with van der Waals surface area (Å²) in [6, 6.07) is 16.4. The van der Waals surface area contributed by atoms with E-state index in [0.29, 0.717) is 23.2 Å². The predicted molar refractivity (Wildman–Crippen MR) is 124 cm³/mol. The van der Waals surface area contributed by atoms with E-state index in [1.165, 1.54) is 24.0 Å². The number of hydrogen-bond acceptors (Lipinski definition) is 2. The fourth-order valence-electron chi connectivity index (χ4n) is 4.45. The van der Waals surface area contributed by atoms with Crippen LogP contribution < -0.4 is 0 Å². The Morgan fingerprint density at radius 1 is 1.20 bits per heavy atom. The smallest absolute Gasteiger partial charge is 0.270 e. The second-order valence-electron chi connectivity index (χ2n) is 8.49. The molecule has 1 N–H and O–H groups in total. The number of hydrogen-bond donors (Lipinski definition) is 1. The summed E-state index contributed by atoms with van der Waals surface area (Å²) in [5.74, 6) is 0.576. The fourth-order valence-corrected chi connectivity index (χ4v) is 4.62. The molecule has 4 nitrogen and oxygen atoms in total. The molecule has 1 aliphatic rings. The topological polar surface area (TPSA) is 39.3 Å². The van der Waals surface area contributed by atoms with Crippen LogP contribution in [0.3, 0.4) is 0 Å². The van der Waals surface area contributed by atoms with Crippen molar-refractivity contribution in [2.75, 3.05) is 26.2 Å². The normalized spacial score (nSPS) is 17.4. The lowest BCUT2D eigenvalue weighted by Crippen LogP contribution is -2.42. The second kappa shape index (κ2) is 9.23. The third kappa shape index (κ3) is 4.88. The van der Waals surface area contributed by atoms with Crippen LogP contribution in [0.15, 0.2) is 48.5 Å². The molecule has 1 aromatic heterocycles. The van der Waals surface area contributed by atoms with Gasteiger partial charge in [-0.2, -0.15) is 0 Å². The molecule has 0 bridgehead atoms. The predicted octanol–water partition coefficient (Wildman–Crippen LogP) is 5.50. The minimum Gasteiger partial charge on any atom is -0.350 e. The first kappa shape index (κ1) is 21.0. The molecule has 30 heavy (non-hydrogen) atoms. The molecule has 0 radical (unpaired) electrons. The Kier molecular flexibility index (Phi) is 6.45. The van der Waals surface area contributed by atoms with E-state index >= 15 is 0 Å². The van der Waals surface area contributed by atoms with Crippen molar-refractivity contribution in [2.45, 2.75) is 33.2 Å². The number of likely N-dealkylation sites (tertiary alicyclic amines) is 1. The van der Waals surface area contributed by atoms with Crippen molar-refractivity contribution in [1.82, 2.24) is 14.8 Å². The minimum absolute atomic E-state index is 0.0699. The Bertz CT molecular complexity index is 1010. The van der Waals surface area contributed by atoms with Gasteiger partial charge < -0.3 is 9.88 Å². The molecule has 1 saturated heterocycles. The minimum atomic E-state index is 0.0699. The summed E-state index contributed by atoms with van der Waals surface area (Å²) in [7, 11) is 0. The Morgan fingerprint density at radius 3 is 2.77 bits per heavy atom. The monoisotopic (exact) mass is 423 g/mol. The molecule has 1 aliphatic heterocycles. The first-order valence-electron chi connectivity index (χ1n) is 10.9. The van der Waals surface area contributed by atoms with Gasteiger partial charge in [-0.3, -0.25) is 9.69 Å². The number of aryl methyl sites for hydroxylation is 1. The van der Waals surface area contributed by atoms with Crippen molar-refractivity contribution < 1.29 is 4.79 Å². The van der Waals surface area contributed by atoms with Gasteiger partial charge in [-0.25, -0.2) is 0 Å².